The fourth-order valence-electron chi connectivity index (χ4n) is 1.88. The number of halogens is 1. The van der Waals surface area contributed by atoms with E-state index in [4.69, 9.17) is 0 Å². The minimum Gasteiger partial charge on any atom is -0.297 e. The van der Waals surface area contributed by atoms with E-state index in [1.54, 1.807) is 23.6 Å². The summed E-state index contributed by atoms with van der Waals surface area (Å²) in [7, 11) is 0. The lowest BCUT2D eigenvalue weighted by atomic mass is 10.2. The first kappa shape index (κ1) is 15.5. The molecule has 1 amide bonds. The van der Waals surface area contributed by atoms with Gasteiger partial charge < -0.3 is 0 Å². The van der Waals surface area contributed by atoms with Gasteiger partial charge in [-0.25, -0.2) is 9.37 Å². The Morgan fingerprint density at radius 2 is 1.87 bits per heavy atom. The van der Waals surface area contributed by atoms with Gasteiger partial charge >= 0.3 is 0 Å². The van der Waals surface area contributed by atoms with Crippen LogP contribution in [0.3, 0.4) is 0 Å². The molecule has 0 unspecified atom stereocenters. The van der Waals surface area contributed by atoms with Crippen molar-refractivity contribution in [2.75, 3.05) is 5.32 Å². The summed E-state index contributed by atoms with van der Waals surface area (Å²) >= 11 is 2.51. The van der Waals surface area contributed by atoms with Crippen molar-refractivity contribution < 1.29 is 14.0 Å². The Labute approximate surface area is 139 Å². The number of hydrogen-bond donors (Lipinski definition) is 1. The van der Waals surface area contributed by atoms with E-state index in [-0.39, 0.29) is 17.5 Å². The average molecular weight is 346 g/mol. The Bertz CT molecular complexity index is 868. The highest BCUT2D eigenvalue weighted by Gasteiger charge is 2.13. The average Bonchev–Trinajstić information content (AvgIpc) is 3.17. The molecule has 0 radical (unpaired) electrons. The summed E-state index contributed by atoms with van der Waals surface area (Å²) in [4.78, 5) is 28.9. The van der Waals surface area contributed by atoms with Crippen molar-refractivity contribution in [1.29, 1.82) is 0 Å². The van der Waals surface area contributed by atoms with Gasteiger partial charge in [0.25, 0.3) is 5.91 Å². The zero-order chi connectivity index (χ0) is 16.4. The molecule has 4 nitrogen and oxygen atoms in total. The highest BCUT2D eigenvalue weighted by atomic mass is 32.1. The number of benzene rings is 1. The number of carbonyl (C=O) groups is 2. The summed E-state index contributed by atoms with van der Waals surface area (Å²) < 4.78 is 12.9. The standard InChI is InChI=1S/C16H11FN2O2S2/c1-9(20)12-8-22-16(18-12)19-15(21)14-7-6-13(23-14)10-2-4-11(17)5-3-10/h2-8H,1H3,(H,18,19,21). The summed E-state index contributed by atoms with van der Waals surface area (Å²) in [6.45, 7) is 1.43. The number of thiophene rings is 1. The predicted octanol–water partition coefficient (Wildman–Crippen LogP) is 4.47. The van der Waals surface area contributed by atoms with Gasteiger partial charge in [0.2, 0.25) is 0 Å². The van der Waals surface area contributed by atoms with Crippen LogP contribution in [-0.2, 0) is 0 Å². The molecule has 23 heavy (non-hydrogen) atoms. The third-order valence-electron chi connectivity index (χ3n) is 3.04. The quantitative estimate of drug-likeness (QED) is 0.709. The van der Waals surface area contributed by atoms with Crippen LogP contribution in [0.5, 0.6) is 0 Å². The van der Waals surface area contributed by atoms with Crippen molar-refractivity contribution in [3.63, 3.8) is 0 Å². The summed E-state index contributed by atoms with van der Waals surface area (Å²) in [5.74, 6) is -0.724. The summed E-state index contributed by atoms with van der Waals surface area (Å²) in [5.41, 5.74) is 1.19. The van der Waals surface area contributed by atoms with Gasteiger partial charge in [0, 0.05) is 17.2 Å². The number of amides is 1. The molecule has 7 heteroatoms. The molecule has 0 aliphatic heterocycles. The number of hydrogen-bond acceptors (Lipinski definition) is 5. The van der Waals surface area contributed by atoms with E-state index in [1.165, 1.54) is 41.7 Å². The van der Waals surface area contributed by atoms with Crippen LogP contribution >= 0.6 is 22.7 Å². The summed E-state index contributed by atoms with van der Waals surface area (Å²) in [5, 5.41) is 4.67. The molecule has 1 N–H and O–H groups in total. The van der Waals surface area contributed by atoms with Gasteiger partial charge in [-0.15, -0.1) is 22.7 Å². The van der Waals surface area contributed by atoms with Gasteiger partial charge in [-0.05, 0) is 29.8 Å². The first-order chi connectivity index (χ1) is 11.0. The molecule has 0 atom stereocenters. The molecular weight excluding hydrogens is 335 g/mol. The van der Waals surface area contributed by atoms with Crippen LogP contribution in [0, 0.1) is 5.82 Å². The van der Waals surface area contributed by atoms with E-state index < -0.39 is 0 Å². The number of anilines is 1. The fourth-order valence-corrected chi connectivity index (χ4v) is 3.53. The molecule has 0 aliphatic rings. The van der Waals surface area contributed by atoms with Crippen molar-refractivity contribution >= 4 is 39.5 Å². The normalized spacial score (nSPS) is 10.5. The molecule has 3 rings (SSSR count). The maximum atomic E-state index is 12.9. The topological polar surface area (TPSA) is 59.1 Å². The smallest absolute Gasteiger partial charge is 0.267 e. The minimum absolute atomic E-state index is 0.142. The third-order valence-corrected chi connectivity index (χ3v) is 4.93. The number of aromatic nitrogens is 1. The lowest BCUT2D eigenvalue weighted by Crippen LogP contribution is -2.10. The van der Waals surface area contributed by atoms with Crippen molar-refractivity contribution in [3.8, 4) is 10.4 Å². The molecule has 0 saturated heterocycles. The van der Waals surface area contributed by atoms with Crippen LogP contribution in [0.1, 0.15) is 27.1 Å². The van der Waals surface area contributed by atoms with E-state index in [2.05, 4.69) is 10.3 Å². The second-order valence-electron chi connectivity index (χ2n) is 4.72. The number of nitrogens with zero attached hydrogens (tertiary/aromatic N) is 1. The molecule has 0 bridgehead atoms. The van der Waals surface area contributed by atoms with Gasteiger partial charge in [0.1, 0.15) is 11.5 Å². The van der Waals surface area contributed by atoms with E-state index in [0.717, 1.165) is 10.4 Å². The number of carbonyl (C=O) groups excluding carboxylic acids is 2. The van der Waals surface area contributed by atoms with Crippen LogP contribution in [0.15, 0.2) is 41.8 Å². The van der Waals surface area contributed by atoms with Crippen LogP contribution < -0.4 is 5.32 Å². The molecule has 1 aromatic carbocycles. The van der Waals surface area contributed by atoms with Crippen LogP contribution in [0.2, 0.25) is 0 Å². The Hall–Kier alpha value is -2.38. The summed E-state index contributed by atoms with van der Waals surface area (Å²) in [6, 6.07) is 9.63. The highest BCUT2D eigenvalue weighted by Crippen LogP contribution is 2.29. The molecular formula is C16H11FN2O2S2. The van der Waals surface area contributed by atoms with Crippen LogP contribution in [0.25, 0.3) is 10.4 Å². The molecule has 0 saturated carbocycles. The third kappa shape index (κ3) is 3.52. The van der Waals surface area contributed by atoms with Gasteiger partial charge in [-0.1, -0.05) is 12.1 Å². The molecule has 0 aliphatic carbocycles. The first-order valence-corrected chi connectivity index (χ1v) is 8.36. The molecule has 0 fully saturated rings. The Morgan fingerprint density at radius 1 is 1.13 bits per heavy atom. The van der Waals surface area contributed by atoms with Crippen molar-refractivity contribution in [2.24, 2.45) is 0 Å². The van der Waals surface area contributed by atoms with Gasteiger partial charge in [0.05, 0.1) is 4.88 Å². The molecule has 3 aromatic rings. The molecule has 116 valence electrons. The number of thiazole rings is 1. The Morgan fingerprint density at radius 3 is 2.52 bits per heavy atom. The zero-order valence-electron chi connectivity index (χ0n) is 12.0. The number of ketones is 1. The fraction of sp³-hybridized carbons (Fsp3) is 0.0625. The number of Topliss-reactive ketones (excluding diaryl/α,β-unsaturated/α-hetero) is 1. The largest absolute Gasteiger partial charge is 0.297 e. The number of rotatable bonds is 4. The maximum Gasteiger partial charge on any atom is 0.267 e. The van der Waals surface area contributed by atoms with E-state index in [9.17, 15) is 14.0 Å². The Balaban J connectivity index is 1.75. The predicted molar refractivity (Wildman–Crippen MR) is 89.8 cm³/mol. The SMILES string of the molecule is CC(=O)c1csc(NC(=O)c2ccc(-c3ccc(F)cc3)s2)n1. The molecule has 0 spiro atoms. The monoisotopic (exact) mass is 346 g/mol. The van der Waals surface area contributed by atoms with E-state index in [0.29, 0.717) is 15.7 Å². The summed E-state index contributed by atoms with van der Waals surface area (Å²) in [6.07, 6.45) is 0. The van der Waals surface area contributed by atoms with Crippen molar-refractivity contribution in [2.45, 2.75) is 6.92 Å². The Kier molecular flexibility index (Phi) is 4.31. The number of nitrogens with one attached hydrogen (secondary N) is 1. The molecule has 2 aromatic heterocycles. The second-order valence-corrected chi connectivity index (χ2v) is 6.66. The van der Waals surface area contributed by atoms with Crippen LogP contribution in [0.4, 0.5) is 9.52 Å². The minimum atomic E-state index is -0.298. The van der Waals surface area contributed by atoms with Crippen molar-refractivity contribution in [1.82, 2.24) is 4.98 Å². The van der Waals surface area contributed by atoms with Gasteiger partial charge in [0.15, 0.2) is 10.9 Å². The lowest BCUT2D eigenvalue weighted by molar-refractivity contribution is 0.100. The highest BCUT2D eigenvalue weighted by molar-refractivity contribution is 7.17. The van der Waals surface area contributed by atoms with Crippen LogP contribution in [-0.4, -0.2) is 16.7 Å². The van der Waals surface area contributed by atoms with Crippen molar-refractivity contribution in [3.05, 3.63) is 58.2 Å². The molecule has 2 heterocycles. The van der Waals surface area contributed by atoms with E-state index >= 15 is 0 Å². The van der Waals surface area contributed by atoms with Gasteiger partial charge in [-0.3, -0.25) is 14.9 Å². The zero-order valence-corrected chi connectivity index (χ0v) is 13.6. The van der Waals surface area contributed by atoms with Gasteiger partial charge in [-0.2, -0.15) is 0 Å². The first-order valence-electron chi connectivity index (χ1n) is 6.66. The lowest BCUT2D eigenvalue weighted by Gasteiger charge is -1.98. The second kappa shape index (κ2) is 6.39. The van der Waals surface area contributed by atoms with E-state index in [1.807, 2.05) is 6.07 Å². The maximum absolute atomic E-state index is 12.9.